The number of aromatic nitrogens is 2. The summed E-state index contributed by atoms with van der Waals surface area (Å²) in [5.74, 6) is -0.104. The summed E-state index contributed by atoms with van der Waals surface area (Å²) in [6.45, 7) is 0. The number of nitrogens with zero attached hydrogens (tertiary/aromatic N) is 2. The zero-order valence-electron chi connectivity index (χ0n) is 20.2. The molecule has 2 fully saturated rings. The molecule has 37 heavy (non-hydrogen) atoms. The Morgan fingerprint density at radius 3 is 2.81 bits per heavy atom. The van der Waals surface area contributed by atoms with Crippen LogP contribution >= 0.6 is 11.6 Å². The lowest BCUT2D eigenvalue weighted by Gasteiger charge is -2.36. The number of carbonyl (C=O) groups excluding carboxylic acids is 1. The summed E-state index contributed by atoms with van der Waals surface area (Å²) < 4.78 is 26.2. The zero-order chi connectivity index (χ0) is 25.7. The molecule has 192 valence electrons. The smallest absolute Gasteiger partial charge is 0.322 e. The highest BCUT2D eigenvalue weighted by molar-refractivity contribution is 6.33. The van der Waals surface area contributed by atoms with Gasteiger partial charge < -0.3 is 24.7 Å². The lowest BCUT2D eigenvalue weighted by molar-refractivity contribution is -0.0396. The zero-order valence-corrected chi connectivity index (χ0v) is 20.9. The van der Waals surface area contributed by atoms with Gasteiger partial charge in [0.2, 0.25) is 11.4 Å². The van der Waals surface area contributed by atoms with Gasteiger partial charge in [-0.1, -0.05) is 11.6 Å². The quantitative estimate of drug-likeness (QED) is 0.485. The lowest BCUT2D eigenvalue weighted by Crippen LogP contribution is -2.44. The van der Waals surface area contributed by atoms with E-state index in [0.29, 0.717) is 28.5 Å². The molecular weight excluding hydrogens is 499 g/mol. The van der Waals surface area contributed by atoms with Crippen LogP contribution < -0.4 is 15.6 Å². The van der Waals surface area contributed by atoms with Gasteiger partial charge >= 0.3 is 6.03 Å². The topological polar surface area (TPSA) is 96.5 Å². The molecule has 2 bridgehead atoms. The maximum absolute atomic E-state index is 15.1. The summed E-state index contributed by atoms with van der Waals surface area (Å²) in [5, 5.41) is 2.99. The number of carbonyl (C=O) groups is 1. The van der Waals surface area contributed by atoms with Crippen LogP contribution in [0.2, 0.25) is 5.02 Å². The van der Waals surface area contributed by atoms with Gasteiger partial charge in [-0.25, -0.2) is 14.2 Å². The molecule has 2 unspecified atom stereocenters. The van der Waals surface area contributed by atoms with Crippen molar-refractivity contribution in [1.29, 1.82) is 0 Å². The van der Waals surface area contributed by atoms with Crippen LogP contribution in [0.3, 0.4) is 0 Å². The highest BCUT2D eigenvalue weighted by atomic mass is 35.5. The highest BCUT2D eigenvalue weighted by Gasteiger charge is 2.43. The monoisotopic (exact) mass is 524 g/mol. The number of rotatable bonds is 5. The van der Waals surface area contributed by atoms with Crippen LogP contribution in [-0.4, -0.2) is 46.3 Å². The summed E-state index contributed by atoms with van der Waals surface area (Å²) in [4.78, 5) is 33.7. The molecule has 2 N–H and O–H groups in total. The van der Waals surface area contributed by atoms with Gasteiger partial charge in [-0.05, 0) is 48.6 Å². The number of amides is 2. The minimum atomic E-state index is -0.595. The molecule has 8 nitrogen and oxygen atoms in total. The number of ether oxygens (including phenoxy) is 2. The second-order valence-electron chi connectivity index (χ2n) is 9.83. The van der Waals surface area contributed by atoms with E-state index in [-0.39, 0.29) is 41.6 Å². The first-order chi connectivity index (χ1) is 17.9. The van der Waals surface area contributed by atoms with Gasteiger partial charge in [0.15, 0.2) is 0 Å². The number of halogens is 2. The molecule has 1 aliphatic carbocycles. The summed E-state index contributed by atoms with van der Waals surface area (Å²) in [6, 6.07) is 7.26. The van der Waals surface area contributed by atoms with Crippen LogP contribution in [0.4, 0.5) is 14.9 Å². The number of urea groups is 1. The molecule has 2 atom stereocenters. The van der Waals surface area contributed by atoms with Gasteiger partial charge in [0.1, 0.15) is 11.9 Å². The Kier molecular flexibility index (Phi) is 6.12. The van der Waals surface area contributed by atoms with E-state index >= 15 is 4.39 Å². The first kappa shape index (κ1) is 23.9. The summed E-state index contributed by atoms with van der Waals surface area (Å²) in [7, 11) is 1.69. The van der Waals surface area contributed by atoms with Crippen molar-refractivity contribution in [2.24, 2.45) is 0 Å². The SMILES string of the molecule is COC1CC(Oc2ccc(-c3cc(F)c(NC(=O)N4C5CCC4c4c[nH]c(=O)cc4C5)cc3Cl)cn2)C1. The van der Waals surface area contributed by atoms with Gasteiger partial charge in [0.05, 0.1) is 22.9 Å². The Hall–Kier alpha value is -3.43. The van der Waals surface area contributed by atoms with Crippen molar-refractivity contribution in [3.8, 4) is 17.0 Å². The molecule has 1 saturated heterocycles. The van der Waals surface area contributed by atoms with Crippen LogP contribution in [-0.2, 0) is 11.2 Å². The Morgan fingerprint density at radius 1 is 1.22 bits per heavy atom. The molecule has 2 amide bonds. The first-order valence-corrected chi connectivity index (χ1v) is 12.7. The third-order valence-electron chi connectivity index (χ3n) is 7.62. The number of benzene rings is 1. The average Bonchev–Trinajstić information content (AvgIpc) is 3.18. The standard InChI is InChI=1S/C27H26ClFN4O4/c1-36-17-8-18(9-17)37-26-5-2-14(12-31-26)19-10-22(29)23(11-21(19)28)32-27(35)33-16-3-4-24(33)20-13-30-25(34)7-15(20)6-16/h2,5,7,10-13,16-18,24H,3-4,6,8-9H2,1H3,(H,30,34)(H,32,35). The molecule has 3 aliphatic rings. The first-order valence-electron chi connectivity index (χ1n) is 12.4. The van der Waals surface area contributed by atoms with Crippen molar-refractivity contribution in [2.45, 2.75) is 56.4 Å². The molecular formula is C27H26ClFN4O4. The van der Waals surface area contributed by atoms with Crippen molar-refractivity contribution in [2.75, 3.05) is 12.4 Å². The number of hydrogen-bond donors (Lipinski definition) is 2. The maximum Gasteiger partial charge on any atom is 0.322 e. The minimum Gasteiger partial charge on any atom is -0.474 e. The molecule has 2 aromatic heterocycles. The highest BCUT2D eigenvalue weighted by Crippen LogP contribution is 2.43. The van der Waals surface area contributed by atoms with Gasteiger partial charge in [0, 0.05) is 61.6 Å². The van der Waals surface area contributed by atoms with Crippen LogP contribution in [0, 0.1) is 5.82 Å². The molecule has 2 aliphatic heterocycles. The molecule has 1 aromatic carbocycles. The van der Waals surface area contributed by atoms with Crippen molar-refractivity contribution in [1.82, 2.24) is 14.9 Å². The number of aromatic amines is 1. The van der Waals surface area contributed by atoms with Crippen molar-refractivity contribution in [3.63, 3.8) is 0 Å². The molecule has 10 heteroatoms. The summed E-state index contributed by atoms with van der Waals surface area (Å²) >= 11 is 6.51. The van der Waals surface area contributed by atoms with Gasteiger partial charge in [0.25, 0.3) is 0 Å². The van der Waals surface area contributed by atoms with Crippen molar-refractivity contribution >= 4 is 23.3 Å². The number of nitrogens with one attached hydrogen (secondary N) is 2. The fraction of sp³-hybridized carbons (Fsp3) is 0.370. The normalized spacial score (nSPS) is 23.8. The molecule has 1 saturated carbocycles. The number of fused-ring (bicyclic) bond motifs is 4. The Balaban J connectivity index is 1.16. The van der Waals surface area contributed by atoms with Crippen molar-refractivity contribution in [3.05, 3.63) is 75.0 Å². The third kappa shape index (κ3) is 4.46. The maximum atomic E-state index is 15.1. The van der Waals surface area contributed by atoms with E-state index in [9.17, 15) is 9.59 Å². The van der Waals surface area contributed by atoms with E-state index in [1.165, 1.54) is 12.1 Å². The van der Waals surface area contributed by atoms with E-state index in [4.69, 9.17) is 21.1 Å². The number of methoxy groups -OCH3 is 1. The van der Waals surface area contributed by atoms with Gasteiger partial charge in [-0.15, -0.1) is 0 Å². The van der Waals surface area contributed by atoms with Crippen LogP contribution in [0.25, 0.3) is 11.1 Å². The number of hydrogen-bond acceptors (Lipinski definition) is 5. The van der Waals surface area contributed by atoms with E-state index in [1.807, 2.05) is 0 Å². The predicted molar refractivity (Wildman–Crippen MR) is 136 cm³/mol. The molecule has 4 heterocycles. The van der Waals surface area contributed by atoms with E-state index in [2.05, 4.69) is 15.3 Å². The number of pyridine rings is 2. The average molecular weight is 525 g/mol. The van der Waals surface area contributed by atoms with E-state index in [1.54, 1.807) is 42.6 Å². The number of H-pyrrole nitrogens is 1. The van der Waals surface area contributed by atoms with E-state index in [0.717, 1.165) is 36.8 Å². The predicted octanol–water partition coefficient (Wildman–Crippen LogP) is 5.08. The third-order valence-corrected chi connectivity index (χ3v) is 7.93. The fourth-order valence-corrected chi connectivity index (χ4v) is 5.86. The minimum absolute atomic E-state index is 0.0102. The van der Waals surface area contributed by atoms with Gasteiger partial charge in [-0.2, -0.15) is 0 Å². The van der Waals surface area contributed by atoms with Crippen LogP contribution in [0.5, 0.6) is 5.88 Å². The van der Waals surface area contributed by atoms with Crippen molar-refractivity contribution < 1.29 is 18.7 Å². The van der Waals surface area contributed by atoms with Crippen LogP contribution in [0.1, 0.15) is 42.9 Å². The van der Waals surface area contributed by atoms with Gasteiger partial charge in [-0.3, -0.25) is 4.79 Å². The summed E-state index contributed by atoms with van der Waals surface area (Å²) in [5.41, 5.74) is 2.87. The number of anilines is 1. The Labute approximate surface area is 217 Å². The second-order valence-corrected chi connectivity index (χ2v) is 10.2. The Morgan fingerprint density at radius 2 is 2.05 bits per heavy atom. The second kappa shape index (κ2) is 9.46. The Bertz CT molecular complexity index is 1410. The van der Waals surface area contributed by atoms with Crippen LogP contribution in [0.15, 0.2) is 47.5 Å². The molecule has 6 rings (SSSR count). The molecule has 3 aromatic rings. The van der Waals surface area contributed by atoms with E-state index < -0.39 is 5.82 Å². The molecule has 0 spiro atoms. The summed E-state index contributed by atoms with van der Waals surface area (Å²) in [6.07, 6.45) is 7.46. The largest absolute Gasteiger partial charge is 0.474 e. The molecule has 0 radical (unpaired) electrons. The lowest BCUT2D eigenvalue weighted by atomic mass is 9.92. The fourth-order valence-electron chi connectivity index (χ4n) is 5.59.